The van der Waals surface area contributed by atoms with Crippen LogP contribution in [0.3, 0.4) is 0 Å². The van der Waals surface area contributed by atoms with Crippen LogP contribution in [0, 0.1) is 0 Å². The van der Waals surface area contributed by atoms with E-state index in [9.17, 15) is 27.9 Å². The second-order valence-electron chi connectivity index (χ2n) is 12.3. The van der Waals surface area contributed by atoms with Crippen LogP contribution in [0.5, 0.6) is 0 Å². The van der Waals surface area contributed by atoms with Crippen LogP contribution >= 0.6 is 0 Å². The van der Waals surface area contributed by atoms with E-state index in [0.717, 1.165) is 11.8 Å². The molecule has 0 radical (unpaired) electrons. The van der Waals surface area contributed by atoms with Crippen LogP contribution in [0.15, 0.2) is 53.4 Å². The molecule has 16 heteroatoms. The Kier molecular flexibility index (Phi) is 9.04. The van der Waals surface area contributed by atoms with Crippen molar-refractivity contribution in [2.75, 3.05) is 29.9 Å². The molecule has 0 spiro atoms. The van der Waals surface area contributed by atoms with Gasteiger partial charge >= 0.3 is 24.1 Å². The molecule has 0 bridgehead atoms. The van der Waals surface area contributed by atoms with Gasteiger partial charge < -0.3 is 30.1 Å². The fourth-order valence-corrected chi connectivity index (χ4v) is 5.15. The minimum absolute atomic E-state index is 0.0379. The number of nitrogens with zero attached hydrogens (tertiary/aromatic N) is 7. The van der Waals surface area contributed by atoms with Crippen molar-refractivity contribution < 1.29 is 32.4 Å². The normalized spacial score (nSPS) is 16.1. The van der Waals surface area contributed by atoms with Crippen molar-refractivity contribution in [2.24, 2.45) is 0 Å². The first-order chi connectivity index (χ1) is 22.1. The quantitative estimate of drug-likeness (QED) is 0.226. The van der Waals surface area contributed by atoms with Gasteiger partial charge in [0.25, 0.3) is 0 Å². The fraction of sp³-hybridized carbons (Fsp3) is 0.387. The molecule has 13 nitrogen and oxygen atoms in total. The molecule has 5 rings (SSSR count). The van der Waals surface area contributed by atoms with Crippen LogP contribution in [-0.4, -0.2) is 72.8 Å². The van der Waals surface area contributed by atoms with Crippen LogP contribution in [0.2, 0.25) is 0 Å². The third-order valence-corrected chi connectivity index (χ3v) is 7.66. The Morgan fingerprint density at radius 2 is 1.81 bits per heavy atom. The number of amides is 2. The average Bonchev–Trinajstić information content (AvgIpc) is 3.53. The molecule has 0 saturated carbocycles. The summed E-state index contributed by atoms with van der Waals surface area (Å²) in [6, 6.07) is 7.77. The monoisotopic (exact) mass is 653 g/mol. The van der Waals surface area contributed by atoms with Gasteiger partial charge in [0.2, 0.25) is 0 Å². The van der Waals surface area contributed by atoms with Gasteiger partial charge in [-0.1, -0.05) is 38.1 Å². The molecule has 3 aromatic heterocycles. The fourth-order valence-electron chi connectivity index (χ4n) is 5.15. The highest BCUT2D eigenvalue weighted by Gasteiger charge is 2.36. The van der Waals surface area contributed by atoms with Gasteiger partial charge in [-0.3, -0.25) is 4.79 Å². The van der Waals surface area contributed by atoms with Gasteiger partial charge in [-0.2, -0.15) is 18.2 Å². The lowest BCUT2D eigenvalue weighted by Crippen LogP contribution is -2.53. The zero-order valence-electron chi connectivity index (χ0n) is 26.3. The summed E-state index contributed by atoms with van der Waals surface area (Å²) < 4.78 is 47.8. The van der Waals surface area contributed by atoms with Crippen LogP contribution in [0.4, 0.5) is 35.3 Å². The second-order valence-corrected chi connectivity index (χ2v) is 12.3. The predicted molar refractivity (Wildman–Crippen MR) is 165 cm³/mol. The van der Waals surface area contributed by atoms with Crippen molar-refractivity contribution in [1.29, 1.82) is 0 Å². The third kappa shape index (κ3) is 7.58. The van der Waals surface area contributed by atoms with Crippen LogP contribution in [0.1, 0.15) is 68.3 Å². The highest BCUT2D eigenvalue weighted by atomic mass is 19.4. The maximum absolute atomic E-state index is 14.3. The Morgan fingerprint density at radius 1 is 1.04 bits per heavy atom. The van der Waals surface area contributed by atoms with Crippen LogP contribution < -0.4 is 15.5 Å². The third-order valence-electron chi connectivity index (χ3n) is 7.66. The van der Waals surface area contributed by atoms with Gasteiger partial charge in [0.15, 0.2) is 5.82 Å². The summed E-state index contributed by atoms with van der Waals surface area (Å²) in [5, 5.41) is 18.6. The standard InChI is InChI=1S/C31H34F3N9O4/c1-17-15-42(29(45)46)10-11-43(17)20-7-9-24(35-14-20)39-25-13-23(36-16-37-25)19-6-8-21(22(12-19)31(32,33)34)18(2)38-26(44)27-40-28(41-47-27)30(3,4)5/h6-9,12-14,16-18H,10-11,15H2,1-5H3,(H,38,44)(H,45,46)(H,35,36,37,39)/t17-,18?/m0/s1. The number of anilines is 3. The highest BCUT2D eigenvalue weighted by Crippen LogP contribution is 2.37. The molecule has 0 aliphatic carbocycles. The Labute approximate surface area is 268 Å². The molecule has 1 fully saturated rings. The smallest absolute Gasteiger partial charge is 0.416 e. The van der Waals surface area contributed by atoms with E-state index in [4.69, 9.17) is 4.52 Å². The molecule has 1 unspecified atom stereocenters. The largest absolute Gasteiger partial charge is 0.465 e. The first-order valence-electron chi connectivity index (χ1n) is 14.8. The number of pyridine rings is 1. The molecule has 2 atom stereocenters. The summed E-state index contributed by atoms with van der Waals surface area (Å²) in [7, 11) is 0. The summed E-state index contributed by atoms with van der Waals surface area (Å²) in [4.78, 5) is 44.3. The van der Waals surface area contributed by atoms with Crippen molar-refractivity contribution in [2.45, 2.75) is 58.3 Å². The topological polar surface area (TPSA) is 162 Å². The highest BCUT2D eigenvalue weighted by molar-refractivity contribution is 5.89. The molecule has 248 valence electrons. The molecule has 47 heavy (non-hydrogen) atoms. The molecule has 4 heterocycles. The Bertz CT molecular complexity index is 1760. The number of aromatic nitrogens is 5. The van der Waals surface area contributed by atoms with E-state index in [1.807, 2.05) is 33.8 Å². The first-order valence-corrected chi connectivity index (χ1v) is 14.8. The van der Waals surface area contributed by atoms with E-state index in [1.54, 1.807) is 12.3 Å². The maximum Gasteiger partial charge on any atom is 0.416 e. The molecule has 2 amide bonds. The molecular weight excluding hydrogens is 619 g/mol. The second kappa shape index (κ2) is 12.8. The lowest BCUT2D eigenvalue weighted by atomic mass is 9.96. The number of piperazine rings is 1. The van der Waals surface area contributed by atoms with E-state index in [-0.39, 0.29) is 28.8 Å². The minimum atomic E-state index is -4.73. The molecule has 1 aromatic carbocycles. The first kappa shape index (κ1) is 33.1. The van der Waals surface area contributed by atoms with Crippen LogP contribution in [-0.2, 0) is 11.6 Å². The number of carbonyl (C=O) groups excluding carboxylic acids is 1. The van der Waals surface area contributed by atoms with E-state index >= 15 is 0 Å². The number of rotatable bonds is 7. The Balaban J connectivity index is 1.31. The van der Waals surface area contributed by atoms with E-state index < -0.39 is 35.2 Å². The number of carboxylic acid groups (broad SMARTS) is 1. The van der Waals surface area contributed by atoms with E-state index in [1.165, 1.54) is 36.4 Å². The molecule has 4 aromatic rings. The van der Waals surface area contributed by atoms with Crippen molar-refractivity contribution in [3.63, 3.8) is 0 Å². The zero-order valence-corrected chi connectivity index (χ0v) is 26.3. The van der Waals surface area contributed by atoms with E-state index in [0.29, 0.717) is 37.1 Å². The number of benzene rings is 1. The van der Waals surface area contributed by atoms with E-state index in [2.05, 4.69) is 40.6 Å². The average molecular weight is 654 g/mol. The maximum atomic E-state index is 14.3. The van der Waals surface area contributed by atoms with Gasteiger partial charge in [0.05, 0.1) is 29.2 Å². The molecular formula is C31H34F3N9O4. The Morgan fingerprint density at radius 3 is 2.43 bits per heavy atom. The van der Waals surface area contributed by atoms with Gasteiger partial charge in [0.1, 0.15) is 18.0 Å². The molecule has 3 N–H and O–H groups in total. The lowest BCUT2D eigenvalue weighted by molar-refractivity contribution is -0.138. The summed E-state index contributed by atoms with van der Waals surface area (Å²) in [5.74, 6) is -0.0792. The van der Waals surface area contributed by atoms with Crippen molar-refractivity contribution in [3.05, 3.63) is 71.8 Å². The number of hydrogen-bond acceptors (Lipinski definition) is 10. The van der Waals surface area contributed by atoms with Gasteiger partial charge in [0, 0.05) is 42.7 Å². The predicted octanol–water partition coefficient (Wildman–Crippen LogP) is 5.66. The van der Waals surface area contributed by atoms with Crippen molar-refractivity contribution >= 4 is 29.3 Å². The van der Waals surface area contributed by atoms with Crippen molar-refractivity contribution in [3.8, 4) is 11.3 Å². The molecule has 1 saturated heterocycles. The number of carbonyl (C=O) groups is 2. The van der Waals surface area contributed by atoms with Gasteiger partial charge in [-0.05, 0) is 37.6 Å². The lowest BCUT2D eigenvalue weighted by Gasteiger charge is -2.39. The number of alkyl halides is 3. The summed E-state index contributed by atoms with van der Waals surface area (Å²) >= 11 is 0. The summed E-state index contributed by atoms with van der Waals surface area (Å²) in [6.45, 7) is 10.2. The molecule has 1 aliphatic rings. The van der Waals surface area contributed by atoms with Gasteiger partial charge in [-0.15, -0.1) is 0 Å². The number of hydrogen-bond donors (Lipinski definition) is 3. The molecule has 1 aliphatic heterocycles. The number of nitrogens with one attached hydrogen (secondary N) is 2. The number of halogens is 3. The zero-order chi connectivity index (χ0) is 34.1. The Hall–Kier alpha value is -5.28. The summed E-state index contributed by atoms with van der Waals surface area (Å²) in [5.41, 5.74) is -0.319. The minimum Gasteiger partial charge on any atom is -0.465 e. The van der Waals surface area contributed by atoms with Crippen LogP contribution in [0.25, 0.3) is 11.3 Å². The van der Waals surface area contributed by atoms with Crippen molar-refractivity contribution in [1.82, 2.24) is 35.3 Å². The van der Waals surface area contributed by atoms with Gasteiger partial charge in [-0.25, -0.2) is 19.7 Å². The SMILES string of the molecule is CC(NC(=O)c1nc(C(C)(C)C)no1)c1ccc(-c2cc(Nc3ccc(N4CCN(C(=O)O)C[C@@H]4C)cn3)ncn2)cc1C(F)(F)F. The summed E-state index contributed by atoms with van der Waals surface area (Å²) in [6.07, 6.45) is -2.78.